The lowest BCUT2D eigenvalue weighted by molar-refractivity contribution is 0.387. The highest BCUT2D eigenvalue weighted by molar-refractivity contribution is 6.29. The maximum absolute atomic E-state index is 5.92. The van der Waals surface area contributed by atoms with Crippen LogP contribution >= 0.6 is 11.6 Å². The zero-order valence-electron chi connectivity index (χ0n) is 9.91. The van der Waals surface area contributed by atoms with E-state index in [1.54, 1.807) is 6.20 Å². The second-order valence-electron chi connectivity index (χ2n) is 4.60. The van der Waals surface area contributed by atoms with Gasteiger partial charge in [-0.05, 0) is 32.5 Å². The molecule has 0 saturated carbocycles. The van der Waals surface area contributed by atoms with Crippen molar-refractivity contribution < 1.29 is 0 Å². The van der Waals surface area contributed by atoms with Crippen LogP contribution in [0.25, 0.3) is 0 Å². The largest absolute Gasteiger partial charge is 0.321 e. The number of likely N-dealkylation sites (tertiary alicyclic amines) is 1. The van der Waals surface area contributed by atoms with Crippen molar-refractivity contribution in [2.75, 3.05) is 26.7 Å². The van der Waals surface area contributed by atoms with Crippen molar-refractivity contribution in [1.29, 1.82) is 0 Å². The molecule has 1 N–H and O–H groups in total. The van der Waals surface area contributed by atoms with Gasteiger partial charge in [-0.1, -0.05) is 11.6 Å². The molecule has 1 aromatic heterocycles. The first-order valence-corrected chi connectivity index (χ1v) is 6.10. The first kappa shape index (κ1) is 11.9. The van der Waals surface area contributed by atoms with Crippen molar-refractivity contribution in [3.05, 3.63) is 17.2 Å². The minimum absolute atomic E-state index is 0.692. The fraction of sp³-hybridized carbons (Fsp3) is 0.727. The number of nitrogens with zero attached hydrogens (tertiary/aromatic N) is 3. The topological polar surface area (TPSA) is 33.1 Å². The normalized spacial score (nSPS) is 21.8. The molecule has 4 nitrogen and oxygen atoms in total. The third-order valence-corrected chi connectivity index (χ3v) is 3.58. The Bertz CT molecular complexity index is 350. The third-order valence-electron chi connectivity index (χ3n) is 3.23. The van der Waals surface area contributed by atoms with E-state index in [4.69, 9.17) is 11.6 Å². The molecule has 2 rings (SSSR count). The Morgan fingerprint density at radius 1 is 1.56 bits per heavy atom. The van der Waals surface area contributed by atoms with Gasteiger partial charge < -0.3 is 14.8 Å². The number of hydrogen-bond acceptors (Lipinski definition) is 3. The van der Waals surface area contributed by atoms with E-state index in [9.17, 15) is 0 Å². The summed E-state index contributed by atoms with van der Waals surface area (Å²) in [6.07, 6.45) is 2.99. The average Bonchev–Trinajstić information content (AvgIpc) is 2.79. The lowest BCUT2D eigenvalue weighted by Crippen LogP contribution is -2.25. The van der Waals surface area contributed by atoms with Crippen LogP contribution in [0.2, 0.25) is 5.15 Å². The van der Waals surface area contributed by atoms with E-state index in [-0.39, 0.29) is 0 Å². The van der Waals surface area contributed by atoms with E-state index >= 15 is 0 Å². The fourth-order valence-corrected chi connectivity index (χ4v) is 2.32. The highest BCUT2D eigenvalue weighted by Crippen LogP contribution is 2.13. The minimum atomic E-state index is 0.692. The smallest absolute Gasteiger partial charge is 0.128 e. The zero-order chi connectivity index (χ0) is 11.5. The van der Waals surface area contributed by atoms with Crippen LogP contribution in [0.4, 0.5) is 0 Å². The first-order chi connectivity index (χ1) is 7.66. The maximum atomic E-state index is 5.92. The molecule has 0 aliphatic carbocycles. The fourth-order valence-electron chi connectivity index (χ4n) is 2.17. The van der Waals surface area contributed by atoms with Crippen molar-refractivity contribution in [2.24, 2.45) is 13.0 Å². The summed E-state index contributed by atoms with van der Waals surface area (Å²) in [7, 11) is 4.12. The standard InChI is InChI=1S/C11H19ClN4/c1-15-4-3-9(8-15)5-13-7-11-14-6-10(12)16(11)2/h6,9,13H,3-5,7-8H2,1-2H3. The third kappa shape index (κ3) is 2.75. The van der Waals surface area contributed by atoms with Crippen LogP contribution in [-0.2, 0) is 13.6 Å². The lowest BCUT2D eigenvalue weighted by atomic mass is 10.1. The van der Waals surface area contributed by atoms with Crippen LogP contribution < -0.4 is 5.32 Å². The first-order valence-electron chi connectivity index (χ1n) is 5.72. The van der Waals surface area contributed by atoms with Crippen LogP contribution in [-0.4, -0.2) is 41.1 Å². The molecule has 1 aromatic rings. The summed E-state index contributed by atoms with van der Waals surface area (Å²) in [4.78, 5) is 6.63. The Labute approximate surface area is 102 Å². The number of nitrogens with one attached hydrogen (secondary N) is 1. The molecule has 1 aliphatic heterocycles. The van der Waals surface area contributed by atoms with Gasteiger partial charge in [0.05, 0.1) is 12.7 Å². The molecule has 0 bridgehead atoms. The predicted octanol–water partition coefficient (Wildman–Crippen LogP) is 1.11. The van der Waals surface area contributed by atoms with E-state index in [0.29, 0.717) is 5.15 Å². The number of halogens is 1. The van der Waals surface area contributed by atoms with Gasteiger partial charge in [-0.2, -0.15) is 0 Å². The van der Waals surface area contributed by atoms with Gasteiger partial charge in [0.1, 0.15) is 11.0 Å². The molecule has 5 heteroatoms. The van der Waals surface area contributed by atoms with Gasteiger partial charge >= 0.3 is 0 Å². The highest BCUT2D eigenvalue weighted by Gasteiger charge is 2.18. The number of imidazole rings is 1. The van der Waals surface area contributed by atoms with Gasteiger partial charge in [0.25, 0.3) is 0 Å². The summed E-state index contributed by atoms with van der Waals surface area (Å²) in [6, 6.07) is 0. The Morgan fingerprint density at radius 3 is 2.94 bits per heavy atom. The molecule has 0 amide bonds. The Hall–Kier alpha value is -0.580. The molecular weight excluding hydrogens is 224 g/mol. The monoisotopic (exact) mass is 242 g/mol. The summed E-state index contributed by atoms with van der Waals surface area (Å²) in [5.74, 6) is 1.78. The molecule has 0 aromatic carbocycles. The van der Waals surface area contributed by atoms with Gasteiger partial charge in [-0.25, -0.2) is 4.98 Å². The van der Waals surface area contributed by atoms with E-state index in [1.165, 1.54) is 19.5 Å². The van der Waals surface area contributed by atoms with Crippen LogP contribution in [0.3, 0.4) is 0 Å². The maximum Gasteiger partial charge on any atom is 0.128 e. The number of hydrogen-bond donors (Lipinski definition) is 1. The van der Waals surface area contributed by atoms with Crippen molar-refractivity contribution in [2.45, 2.75) is 13.0 Å². The summed E-state index contributed by atoms with van der Waals surface area (Å²) < 4.78 is 1.91. The Kier molecular flexibility index (Phi) is 3.84. The molecular formula is C11H19ClN4. The second kappa shape index (κ2) is 5.17. The SMILES string of the molecule is CN1CCC(CNCc2ncc(Cl)n2C)C1. The minimum Gasteiger partial charge on any atom is -0.321 e. The highest BCUT2D eigenvalue weighted by atomic mass is 35.5. The molecule has 16 heavy (non-hydrogen) atoms. The van der Waals surface area contributed by atoms with Gasteiger partial charge in [0.15, 0.2) is 0 Å². The molecule has 1 fully saturated rings. The molecule has 90 valence electrons. The van der Waals surface area contributed by atoms with Crippen molar-refractivity contribution in [1.82, 2.24) is 19.8 Å². The zero-order valence-corrected chi connectivity index (χ0v) is 10.7. The quantitative estimate of drug-likeness (QED) is 0.859. The molecule has 1 unspecified atom stereocenters. The summed E-state index contributed by atoms with van der Waals surface area (Å²) in [5.41, 5.74) is 0. The summed E-state index contributed by atoms with van der Waals surface area (Å²) >= 11 is 5.92. The average molecular weight is 243 g/mol. The number of rotatable bonds is 4. The molecule has 2 heterocycles. The lowest BCUT2D eigenvalue weighted by Gasteiger charge is -2.11. The van der Waals surface area contributed by atoms with Crippen molar-refractivity contribution >= 4 is 11.6 Å². The van der Waals surface area contributed by atoms with Gasteiger partial charge in [-0.3, -0.25) is 0 Å². The Balaban J connectivity index is 1.74. The van der Waals surface area contributed by atoms with Gasteiger partial charge in [0, 0.05) is 13.6 Å². The number of aromatic nitrogens is 2. The van der Waals surface area contributed by atoms with Crippen molar-refractivity contribution in [3.63, 3.8) is 0 Å². The van der Waals surface area contributed by atoms with E-state index in [0.717, 1.165) is 24.8 Å². The van der Waals surface area contributed by atoms with Crippen LogP contribution in [0.1, 0.15) is 12.2 Å². The van der Waals surface area contributed by atoms with Crippen LogP contribution in [0.5, 0.6) is 0 Å². The predicted molar refractivity (Wildman–Crippen MR) is 65.5 cm³/mol. The van der Waals surface area contributed by atoms with Crippen LogP contribution in [0.15, 0.2) is 6.20 Å². The van der Waals surface area contributed by atoms with Crippen LogP contribution in [0, 0.1) is 5.92 Å². The molecule has 0 spiro atoms. The van der Waals surface area contributed by atoms with Gasteiger partial charge in [0.2, 0.25) is 0 Å². The molecule has 0 radical (unpaired) electrons. The second-order valence-corrected chi connectivity index (χ2v) is 4.99. The molecule has 1 saturated heterocycles. The van der Waals surface area contributed by atoms with E-state index in [2.05, 4.69) is 22.2 Å². The summed E-state index contributed by atoms with van der Waals surface area (Å²) in [6.45, 7) is 4.28. The van der Waals surface area contributed by atoms with E-state index < -0.39 is 0 Å². The summed E-state index contributed by atoms with van der Waals surface area (Å²) in [5, 5.41) is 4.14. The van der Waals surface area contributed by atoms with Crippen molar-refractivity contribution in [3.8, 4) is 0 Å². The Morgan fingerprint density at radius 2 is 2.38 bits per heavy atom. The van der Waals surface area contributed by atoms with Gasteiger partial charge in [-0.15, -0.1) is 0 Å². The van der Waals surface area contributed by atoms with E-state index in [1.807, 2.05) is 11.6 Å². The molecule has 1 aliphatic rings. The molecule has 1 atom stereocenters.